The molecule has 0 radical (unpaired) electrons. The van der Waals surface area contributed by atoms with E-state index in [9.17, 15) is 8.42 Å². The van der Waals surface area contributed by atoms with Crippen molar-refractivity contribution in [3.8, 4) is 5.88 Å². The molecule has 7 heteroatoms. The van der Waals surface area contributed by atoms with E-state index < -0.39 is 9.84 Å². The van der Waals surface area contributed by atoms with Gasteiger partial charge in [0.15, 0.2) is 15.7 Å². The highest BCUT2D eigenvalue weighted by molar-refractivity contribution is 7.90. The van der Waals surface area contributed by atoms with Crippen LogP contribution in [0.4, 0.5) is 0 Å². The summed E-state index contributed by atoms with van der Waals surface area (Å²) in [7, 11) is -3.48. The van der Waals surface area contributed by atoms with E-state index in [4.69, 9.17) is 4.42 Å². The van der Waals surface area contributed by atoms with Crippen molar-refractivity contribution < 1.29 is 12.8 Å². The number of benzene rings is 2. The van der Waals surface area contributed by atoms with Crippen LogP contribution in [0.3, 0.4) is 0 Å². The van der Waals surface area contributed by atoms with Crippen LogP contribution in [0.15, 0.2) is 76.3 Å². The third-order valence-electron chi connectivity index (χ3n) is 3.60. The summed E-state index contributed by atoms with van der Waals surface area (Å²) in [6.07, 6.45) is 1.45. The van der Waals surface area contributed by atoms with Gasteiger partial charge in [-0.2, -0.15) is 4.68 Å². The first kappa shape index (κ1) is 14.6. The van der Waals surface area contributed by atoms with Crippen LogP contribution in [0.25, 0.3) is 16.9 Å². The fraction of sp³-hybridized carbons (Fsp3) is 0.0588. The van der Waals surface area contributed by atoms with E-state index in [1.165, 1.54) is 11.0 Å². The second-order valence-corrected chi connectivity index (χ2v) is 7.29. The Kier molecular flexibility index (Phi) is 3.42. The van der Waals surface area contributed by atoms with Crippen LogP contribution in [0, 0.1) is 0 Å². The third kappa shape index (κ3) is 2.69. The minimum absolute atomic E-state index is 0.222. The first-order valence-electron chi connectivity index (χ1n) is 7.29. The number of nitrogens with zero attached hydrogens (tertiary/aromatic N) is 3. The Hall–Kier alpha value is -2.93. The molecule has 4 rings (SSSR count). The van der Waals surface area contributed by atoms with Crippen LogP contribution in [0.2, 0.25) is 0 Å². The van der Waals surface area contributed by atoms with Crippen molar-refractivity contribution in [2.24, 2.45) is 0 Å². The molecule has 0 aliphatic heterocycles. The van der Waals surface area contributed by atoms with Gasteiger partial charge in [-0.15, -0.1) is 5.10 Å². The van der Waals surface area contributed by atoms with E-state index >= 15 is 0 Å². The zero-order valence-electron chi connectivity index (χ0n) is 12.5. The summed E-state index contributed by atoms with van der Waals surface area (Å²) in [5.41, 5.74) is 0.737. The molecule has 0 bridgehead atoms. The minimum atomic E-state index is -3.48. The van der Waals surface area contributed by atoms with Gasteiger partial charge in [-0.25, -0.2) is 13.4 Å². The van der Waals surface area contributed by atoms with Gasteiger partial charge in [-0.3, -0.25) is 0 Å². The summed E-state index contributed by atoms with van der Waals surface area (Å²) in [5, 5.41) is 5.16. The summed E-state index contributed by atoms with van der Waals surface area (Å²) >= 11 is 0. The van der Waals surface area contributed by atoms with Gasteiger partial charge < -0.3 is 4.42 Å². The van der Waals surface area contributed by atoms with Crippen molar-refractivity contribution in [2.75, 3.05) is 0 Å². The molecule has 0 aliphatic rings. The Morgan fingerprint density at radius 2 is 1.75 bits per heavy atom. The molecule has 6 nitrogen and oxygen atoms in total. The molecule has 0 aliphatic carbocycles. The number of furan rings is 1. The van der Waals surface area contributed by atoms with Crippen LogP contribution in [-0.2, 0) is 15.6 Å². The molecular formula is C17H13N3O3S. The number of hydrogen-bond donors (Lipinski definition) is 0. The molecule has 0 fully saturated rings. The number of fused-ring (bicyclic) bond motifs is 1. The molecule has 4 aromatic rings. The molecule has 2 aromatic carbocycles. The standard InChI is InChI=1S/C17H13N3O3S/c21-24(22,14-7-2-1-3-8-14)11-16-18-12-20(19-16)17-10-13-6-4-5-9-15(13)23-17/h1-10,12H,11H2. The summed E-state index contributed by atoms with van der Waals surface area (Å²) in [6, 6.07) is 17.7. The van der Waals surface area contributed by atoms with Crippen LogP contribution < -0.4 is 0 Å². The molecule has 120 valence electrons. The summed E-state index contributed by atoms with van der Waals surface area (Å²) in [6.45, 7) is 0. The van der Waals surface area contributed by atoms with E-state index in [0.717, 1.165) is 11.0 Å². The maximum Gasteiger partial charge on any atom is 0.222 e. The predicted molar refractivity (Wildman–Crippen MR) is 88.5 cm³/mol. The van der Waals surface area contributed by atoms with E-state index in [2.05, 4.69) is 10.1 Å². The van der Waals surface area contributed by atoms with E-state index in [0.29, 0.717) is 5.88 Å². The Morgan fingerprint density at radius 1 is 1.00 bits per heavy atom. The second-order valence-electron chi connectivity index (χ2n) is 5.30. The lowest BCUT2D eigenvalue weighted by Crippen LogP contribution is -2.06. The summed E-state index contributed by atoms with van der Waals surface area (Å²) in [4.78, 5) is 4.34. The first-order chi connectivity index (χ1) is 11.6. The molecular weight excluding hydrogens is 326 g/mol. The lowest BCUT2D eigenvalue weighted by atomic mass is 10.3. The maximum atomic E-state index is 12.4. The highest BCUT2D eigenvalue weighted by atomic mass is 32.2. The van der Waals surface area contributed by atoms with Crippen LogP contribution in [-0.4, -0.2) is 23.2 Å². The molecule has 0 saturated carbocycles. The van der Waals surface area contributed by atoms with Crippen LogP contribution >= 0.6 is 0 Å². The SMILES string of the molecule is O=S(=O)(Cc1ncn(-c2cc3ccccc3o2)n1)c1ccccc1. The average molecular weight is 339 g/mol. The quantitative estimate of drug-likeness (QED) is 0.571. The van der Waals surface area contributed by atoms with Crippen molar-refractivity contribution >= 4 is 20.8 Å². The topological polar surface area (TPSA) is 78.0 Å². The van der Waals surface area contributed by atoms with Gasteiger partial charge in [-0.05, 0) is 18.2 Å². The van der Waals surface area contributed by atoms with Gasteiger partial charge in [0.05, 0.1) is 4.90 Å². The summed E-state index contributed by atoms with van der Waals surface area (Å²) < 4.78 is 31.9. The molecule has 0 spiro atoms. The van der Waals surface area contributed by atoms with Gasteiger partial charge in [0.1, 0.15) is 17.7 Å². The smallest absolute Gasteiger partial charge is 0.222 e. The molecule has 24 heavy (non-hydrogen) atoms. The Morgan fingerprint density at radius 3 is 2.54 bits per heavy atom. The minimum Gasteiger partial charge on any atom is -0.438 e. The largest absolute Gasteiger partial charge is 0.438 e. The zero-order chi connectivity index (χ0) is 16.6. The number of sulfone groups is 1. The van der Waals surface area contributed by atoms with Gasteiger partial charge in [-0.1, -0.05) is 36.4 Å². The molecule has 0 atom stereocenters. The van der Waals surface area contributed by atoms with Crippen molar-refractivity contribution in [2.45, 2.75) is 10.6 Å². The highest BCUT2D eigenvalue weighted by Gasteiger charge is 2.18. The van der Waals surface area contributed by atoms with Gasteiger partial charge in [0.25, 0.3) is 0 Å². The lowest BCUT2D eigenvalue weighted by Gasteiger charge is -2.00. The van der Waals surface area contributed by atoms with Crippen molar-refractivity contribution in [3.05, 3.63) is 72.8 Å². The van der Waals surface area contributed by atoms with Crippen molar-refractivity contribution in [1.82, 2.24) is 14.8 Å². The van der Waals surface area contributed by atoms with Crippen molar-refractivity contribution in [1.29, 1.82) is 0 Å². The average Bonchev–Trinajstić information content (AvgIpc) is 3.21. The Balaban J connectivity index is 1.63. The number of aromatic nitrogens is 3. The van der Waals surface area contributed by atoms with Gasteiger partial charge in [0.2, 0.25) is 5.88 Å². The summed E-state index contributed by atoms with van der Waals surface area (Å²) in [5.74, 6) is 0.455. The molecule has 0 unspecified atom stereocenters. The van der Waals surface area contributed by atoms with Crippen LogP contribution in [0.1, 0.15) is 5.82 Å². The fourth-order valence-electron chi connectivity index (χ4n) is 2.43. The zero-order valence-corrected chi connectivity index (χ0v) is 13.3. The van der Waals surface area contributed by atoms with Crippen molar-refractivity contribution in [3.63, 3.8) is 0 Å². The predicted octanol–water partition coefficient (Wildman–Crippen LogP) is 2.99. The monoisotopic (exact) mass is 339 g/mol. The Bertz CT molecular complexity index is 1070. The third-order valence-corrected chi connectivity index (χ3v) is 5.23. The highest BCUT2D eigenvalue weighted by Crippen LogP contribution is 2.21. The number of rotatable bonds is 4. The second kappa shape index (κ2) is 5.61. The van der Waals surface area contributed by atoms with Gasteiger partial charge >= 0.3 is 0 Å². The molecule has 0 amide bonds. The van der Waals surface area contributed by atoms with Crippen LogP contribution in [0.5, 0.6) is 0 Å². The normalized spacial score (nSPS) is 11.8. The lowest BCUT2D eigenvalue weighted by molar-refractivity contribution is 0.557. The molecule has 2 aromatic heterocycles. The first-order valence-corrected chi connectivity index (χ1v) is 8.94. The van der Waals surface area contributed by atoms with E-state index in [1.807, 2.05) is 30.3 Å². The number of hydrogen-bond acceptors (Lipinski definition) is 5. The number of para-hydroxylation sites is 1. The van der Waals surface area contributed by atoms with Gasteiger partial charge in [0, 0.05) is 11.5 Å². The molecule has 0 saturated heterocycles. The maximum absolute atomic E-state index is 12.4. The molecule has 0 N–H and O–H groups in total. The molecule has 2 heterocycles. The van der Waals surface area contributed by atoms with E-state index in [1.54, 1.807) is 30.3 Å². The fourth-order valence-corrected chi connectivity index (χ4v) is 3.64. The Labute approximate surface area is 138 Å². The van der Waals surface area contributed by atoms with E-state index in [-0.39, 0.29) is 16.5 Å².